The van der Waals surface area contributed by atoms with Crippen LogP contribution in [-0.4, -0.2) is 22.5 Å². The first-order valence-corrected chi connectivity index (χ1v) is 6.42. The number of aliphatic imine (C=N–C) groups is 1. The van der Waals surface area contributed by atoms with Crippen LogP contribution in [0.3, 0.4) is 0 Å². The molecule has 0 bridgehead atoms. The zero-order chi connectivity index (χ0) is 14.4. The predicted octanol–water partition coefficient (Wildman–Crippen LogP) is 2.68. The van der Waals surface area contributed by atoms with Crippen molar-refractivity contribution < 1.29 is 0 Å². The van der Waals surface area contributed by atoms with Gasteiger partial charge in [-0.2, -0.15) is 0 Å². The lowest BCUT2D eigenvalue weighted by atomic mass is 10.2. The molecule has 0 unspecified atom stereocenters. The van der Waals surface area contributed by atoms with E-state index in [2.05, 4.69) is 26.9 Å². The van der Waals surface area contributed by atoms with Crippen LogP contribution in [0.25, 0.3) is 11.3 Å². The highest BCUT2D eigenvalue weighted by molar-refractivity contribution is 14.0. The summed E-state index contributed by atoms with van der Waals surface area (Å²) in [7, 11) is 0. The van der Waals surface area contributed by atoms with Gasteiger partial charge in [-0.25, -0.2) is 9.98 Å². The molecule has 6 heteroatoms. The molecule has 0 fully saturated rings. The van der Waals surface area contributed by atoms with Gasteiger partial charge in [0.1, 0.15) is 12.4 Å². The Kier molecular flexibility index (Phi) is 6.93. The van der Waals surface area contributed by atoms with Crippen molar-refractivity contribution in [1.82, 2.24) is 15.3 Å². The number of nitrogens with one attached hydrogen (secondary N) is 2. The Morgan fingerprint density at radius 2 is 2.10 bits per heavy atom. The van der Waals surface area contributed by atoms with Crippen molar-refractivity contribution in [3.63, 3.8) is 0 Å². The molecule has 0 aliphatic carbocycles. The molecule has 1 heterocycles. The lowest BCUT2D eigenvalue weighted by Crippen LogP contribution is -2.32. The lowest BCUT2D eigenvalue weighted by molar-refractivity contribution is 0.904. The Morgan fingerprint density at radius 1 is 1.38 bits per heavy atom. The molecular formula is C15H20IN5. The minimum atomic E-state index is 0. The van der Waals surface area contributed by atoms with Crippen molar-refractivity contribution in [2.24, 2.45) is 10.7 Å². The molecule has 2 aromatic rings. The molecule has 0 saturated carbocycles. The van der Waals surface area contributed by atoms with Crippen LogP contribution >= 0.6 is 24.0 Å². The van der Waals surface area contributed by atoms with E-state index in [0.29, 0.717) is 19.0 Å². The normalized spacial score (nSPS) is 10.8. The number of aromatic amines is 1. The van der Waals surface area contributed by atoms with Gasteiger partial charge in [0.25, 0.3) is 0 Å². The number of H-pyrrole nitrogens is 1. The lowest BCUT2D eigenvalue weighted by Gasteiger charge is -2.03. The highest BCUT2D eigenvalue weighted by atomic mass is 127. The third-order valence-corrected chi connectivity index (χ3v) is 2.68. The van der Waals surface area contributed by atoms with E-state index < -0.39 is 0 Å². The minimum Gasteiger partial charge on any atom is -0.370 e. The van der Waals surface area contributed by atoms with Crippen LogP contribution in [0.15, 0.2) is 53.7 Å². The zero-order valence-corrected chi connectivity index (χ0v) is 14.3. The first kappa shape index (κ1) is 17.2. The topological polar surface area (TPSA) is 79.1 Å². The van der Waals surface area contributed by atoms with Crippen molar-refractivity contribution in [3.8, 4) is 11.3 Å². The third kappa shape index (κ3) is 5.58. The summed E-state index contributed by atoms with van der Waals surface area (Å²) in [5, 5.41) is 2.98. The number of nitrogens with zero attached hydrogens (tertiary/aromatic N) is 2. The number of rotatable bonds is 5. The van der Waals surface area contributed by atoms with Gasteiger partial charge in [0.2, 0.25) is 0 Å². The molecule has 112 valence electrons. The summed E-state index contributed by atoms with van der Waals surface area (Å²) in [6, 6.07) is 10.0. The second-order valence-electron chi connectivity index (χ2n) is 4.62. The first-order valence-electron chi connectivity index (χ1n) is 6.42. The van der Waals surface area contributed by atoms with Gasteiger partial charge in [0.05, 0.1) is 11.9 Å². The molecule has 5 nitrogen and oxygen atoms in total. The van der Waals surface area contributed by atoms with Gasteiger partial charge in [0.15, 0.2) is 5.96 Å². The average Bonchev–Trinajstić information content (AvgIpc) is 2.93. The predicted molar refractivity (Wildman–Crippen MR) is 97.6 cm³/mol. The number of hydrogen-bond donors (Lipinski definition) is 3. The summed E-state index contributed by atoms with van der Waals surface area (Å²) in [6.07, 6.45) is 1.80. The second-order valence-corrected chi connectivity index (χ2v) is 4.62. The van der Waals surface area contributed by atoms with Crippen molar-refractivity contribution in [3.05, 3.63) is 54.5 Å². The van der Waals surface area contributed by atoms with Gasteiger partial charge in [-0.15, -0.1) is 24.0 Å². The fraction of sp³-hybridized carbons (Fsp3) is 0.200. The van der Waals surface area contributed by atoms with Crippen molar-refractivity contribution in [2.45, 2.75) is 13.5 Å². The SMILES string of the molecule is C=C(C)CNC(N)=NCc1ncc(-c2ccccc2)[nH]1.I. The van der Waals surface area contributed by atoms with E-state index in [4.69, 9.17) is 5.73 Å². The Hall–Kier alpha value is -1.83. The fourth-order valence-corrected chi connectivity index (χ4v) is 1.66. The summed E-state index contributed by atoms with van der Waals surface area (Å²) >= 11 is 0. The number of guanidine groups is 1. The molecule has 1 aromatic carbocycles. The first-order chi connectivity index (χ1) is 9.65. The van der Waals surface area contributed by atoms with E-state index >= 15 is 0 Å². The van der Waals surface area contributed by atoms with Crippen LogP contribution in [0, 0.1) is 0 Å². The minimum absolute atomic E-state index is 0. The maximum absolute atomic E-state index is 5.74. The van der Waals surface area contributed by atoms with Crippen molar-refractivity contribution >= 4 is 29.9 Å². The smallest absolute Gasteiger partial charge is 0.189 e. The molecule has 0 radical (unpaired) electrons. The van der Waals surface area contributed by atoms with Crippen LogP contribution < -0.4 is 11.1 Å². The van der Waals surface area contributed by atoms with Gasteiger partial charge in [-0.3, -0.25) is 0 Å². The summed E-state index contributed by atoms with van der Waals surface area (Å²) in [5.41, 5.74) is 8.83. The molecule has 4 N–H and O–H groups in total. The van der Waals surface area contributed by atoms with E-state index in [1.807, 2.05) is 37.3 Å². The van der Waals surface area contributed by atoms with Gasteiger partial charge in [-0.05, 0) is 12.5 Å². The van der Waals surface area contributed by atoms with Crippen molar-refractivity contribution in [1.29, 1.82) is 0 Å². The second kappa shape index (κ2) is 8.46. The Morgan fingerprint density at radius 3 is 2.76 bits per heavy atom. The highest BCUT2D eigenvalue weighted by Crippen LogP contribution is 2.16. The number of benzene rings is 1. The molecule has 2 rings (SSSR count). The molecule has 0 amide bonds. The molecule has 0 spiro atoms. The summed E-state index contributed by atoms with van der Waals surface area (Å²) in [4.78, 5) is 11.7. The average molecular weight is 397 g/mol. The fourth-order valence-electron chi connectivity index (χ4n) is 1.66. The Bertz CT molecular complexity index is 604. The number of nitrogens with two attached hydrogens (primary N) is 1. The summed E-state index contributed by atoms with van der Waals surface area (Å²) in [5.74, 6) is 1.18. The molecule has 1 aromatic heterocycles. The van der Waals surface area contributed by atoms with E-state index in [1.54, 1.807) is 6.20 Å². The maximum Gasteiger partial charge on any atom is 0.189 e. The largest absolute Gasteiger partial charge is 0.370 e. The number of aromatic nitrogens is 2. The molecule has 0 aliphatic heterocycles. The van der Waals surface area contributed by atoms with E-state index in [9.17, 15) is 0 Å². The third-order valence-electron chi connectivity index (χ3n) is 2.68. The standard InChI is InChI=1S/C15H19N5.HI/c1-11(2)8-18-15(16)19-10-14-17-9-13(20-14)12-6-4-3-5-7-12;/h3-7,9H,1,8,10H2,2H3,(H,17,20)(H3,16,18,19);1H. The summed E-state index contributed by atoms with van der Waals surface area (Å²) in [6.45, 7) is 6.77. The number of hydrogen-bond acceptors (Lipinski definition) is 2. The Balaban J connectivity index is 0.00000220. The number of halogens is 1. The van der Waals surface area contributed by atoms with Crippen LogP contribution in [0.4, 0.5) is 0 Å². The van der Waals surface area contributed by atoms with Gasteiger partial charge >= 0.3 is 0 Å². The van der Waals surface area contributed by atoms with Crippen LogP contribution in [0.5, 0.6) is 0 Å². The van der Waals surface area contributed by atoms with Gasteiger partial charge in [0, 0.05) is 6.54 Å². The number of imidazole rings is 1. The van der Waals surface area contributed by atoms with Crippen LogP contribution in [0.1, 0.15) is 12.7 Å². The van der Waals surface area contributed by atoms with Crippen molar-refractivity contribution in [2.75, 3.05) is 6.54 Å². The van der Waals surface area contributed by atoms with Crippen LogP contribution in [-0.2, 0) is 6.54 Å². The van der Waals surface area contributed by atoms with E-state index in [-0.39, 0.29) is 24.0 Å². The molecule has 21 heavy (non-hydrogen) atoms. The van der Waals surface area contributed by atoms with Crippen LogP contribution in [0.2, 0.25) is 0 Å². The molecular weight excluding hydrogens is 377 g/mol. The molecule has 0 aliphatic rings. The molecule has 0 saturated heterocycles. The van der Waals surface area contributed by atoms with Gasteiger partial charge < -0.3 is 16.0 Å². The van der Waals surface area contributed by atoms with E-state index in [1.165, 1.54) is 0 Å². The van der Waals surface area contributed by atoms with E-state index in [0.717, 1.165) is 22.7 Å². The Labute approximate surface area is 141 Å². The zero-order valence-electron chi connectivity index (χ0n) is 12.0. The quantitative estimate of drug-likeness (QED) is 0.314. The highest BCUT2D eigenvalue weighted by Gasteiger charge is 2.02. The maximum atomic E-state index is 5.74. The monoisotopic (exact) mass is 397 g/mol. The molecule has 0 atom stereocenters. The van der Waals surface area contributed by atoms with Gasteiger partial charge in [-0.1, -0.05) is 42.5 Å². The summed E-state index contributed by atoms with van der Waals surface area (Å²) < 4.78 is 0.